The smallest absolute Gasteiger partial charge is 0.256 e. The molecule has 3 rings (SSSR count). The number of aromatic nitrogens is 1. The molecule has 5 heteroatoms. The molecule has 0 aliphatic carbocycles. The van der Waals surface area contributed by atoms with E-state index < -0.39 is 0 Å². The van der Waals surface area contributed by atoms with Gasteiger partial charge in [-0.05, 0) is 38.3 Å². The quantitative estimate of drug-likeness (QED) is 0.871. The van der Waals surface area contributed by atoms with E-state index in [0.717, 1.165) is 23.5 Å². The lowest BCUT2D eigenvalue weighted by Crippen LogP contribution is -2.47. The summed E-state index contributed by atoms with van der Waals surface area (Å²) in [5.41, 5.74) is 3.01. The summed E-state index contributed by atoms with van der Waals surface area (Å²) in [5, 5.41) is 2.09. The Balaban J connectivity index is 1.86. The first kappa shape index (κ1) is 15.3. The van der Waals surface area contributed by atoms with Gasteiger partial charge in [0.05, 0.1) is 31.4 Å². The van der Waals surface area contributed by atoms with E-state index in [0.29, 0.717) is 19.8 Å². The fourth-order valence-corrected chi connectivity index (χ4v) is 3.70. The van der Waals surface area contributed by atoms with Gasteiger partial charge >= 0.3 is 0 Å². The van der Waals surface area contributed by atoms with Crippen molar-refractivity contribution in [2.24, 2.45) is 0 Å². The molecular formula is C17H22N2O2S. The van der Waals surface area contributed by atoms with E-state index in [4.69, 9.17) is 4.74 Å². The van der Waals surface area contributed by atoms with Crippen molar-refractivity contribution in [3.8, 4) is 0 Å². The van der Waals surface area contributed by atoms with E-state index in [2.05, 4.69) is 29.0 Å². The molecule has 0 saturated carbocycles. The number of aryl methyl sites for hydroxylation is 1. The molecule has 0 aromatic carbocycles. The van der Waals surface area contributed by atoms with Crippen LogP contribution in [0.2, 0.25) is 0 Å². The summed E-state index contributed by atoms with van der Waals surface area (Å²) >= 11 is 1.75. The van der Waals surface area contributed by atoms with Crippen molar-refractivity contribution < 1.29 is 9.53 Å². The van der Waals surface area contributed by atoms with Crippen LogP contribution >= 0.6 is 11.3 Å². The first-order valence-electron chi connectivity index (χ1n) is 7.65. The summed E-state index contributed by atoms with van der Waals surface area (Å²) in [5.74, 6) is 0.126. The highest BCUT2D eigenvalue weighted by Gasteiger charge is 2.27. The number of carbonyl (C=O) groups excluding carboxylic acids is 1. The van der Waals surface area contributed by atoms with Gasteiger partial charge in [-0.1, -0.05) is 6.07 Å². The Hall–Kier alpha value is -1.59. The van der Waals surface area contributed by atoms with Crippen molar-refractivity contribution in [2.45, 2.75) is 33.4 Å². The fourth-order valence-electron chi connectivity index (χ4n) is 3.00. The maximum atomic E-state index is 12.9. The van der Waals surface area contributed by atoms with Gasteiger partial charge in [-0.25, -0.2) is 0 Å². The van der Waals surface area contributed by atoms with Crippen molar-refractivity contribution in [2.75, 3.05) is 19.8 Å². The normalized spacial score (nSPS) is 18.7. The topological polar surface area (TPSA) is 34.5 Å². The number of rotatable bonds is 3. The Kier molecular flexibility index (Phi) is 4.36. The highest BCUT2D eigenvalue weighted by atomic mass is 32.1. The molecule has 1 aliphatic heterocycles. The molecule has 0 bridgehead atoms. The van der Waals surface area contributed by atoms with Crippen LogP contribution < -0.4 is 0 Å². The van der Waals surface area contributed by atoms with Crippen LogP contribution in [0, 0.1) is 13.8 Å². The lowest BCUT2D eigenvalue weighted by molar-refractivity contribution is 0.00355. The molecule has 0 radical (unpaired) electrons. The SMILES string of the molecule is Cc1cc(C(=O)N2CCOC[C@H]2C)c(C)n1Cc1cccs1. The lowest BCUT2D eigenvalue weighted by atomic mass is 10.1. The van der Waals surface area contributed by atoms with Gasteiger partial charge in [-0.3, -0.25) is 4.79 Å². The highest BCUT2D eigenvalue weighted by Crippen LogP contribution is 2.22. The Labute approximate surface area is 135 Å². The van der Waals surface area contributed by atoms with Gasteiger partial charge in [0.25, 0.3) is 5.91 Å². The first-order valence-corrected chi connectivity index (χ1v) is 8.53. The van der Waals surface area contributed by atoms with Gasteiger partial charge < -0.3 is 14.2 Å². The minimum absolute atomic E-state index is 0.126. The average molecular weight is 318 g/mol. The zero-order valence-corrected chi connectivity index (χ0v) is 14.2. The van der Waals surface area contributed by atoms with E-state index in [1.54, 1.807) is 11.3 Å². The molecule has 3 heterocycles. The minimum Gasteiger partial charge on any atom is -0.377 e. The largest absolute Gasteiger partial charge is 0.377 e. The molecule has 4 nitrogen and oxygen atoms in total. The van der Waals surface area contributed by atoms with Gasteiger partial charge in [-0.2, -0.15) is 0 Å². The highest BCUT2D eigenvalue weighted by molar-refractivity contribution is 7.09. The zero-order valence-electron chi connectivity index (χ0n) is 13.3. The van der Waals surface area contributed by atoms with Crippen molar-refractivity contribution >= 4 is 17.2 Å². The molecule has 1 aliphatic rings. The fraction of sp³-hybridized carbons (Fsp3) is 0.471. The molecular weight excluding hydrogens is 296 g/mol. The molecule has 0 unspecified atom stereocenters. The monoisotopic (exact) mass is 318 g/mol. The number of carbonyl (C=O) groups is 1. The molecule has 2 aromatic heterocycles. The van der Waals surface area contributed by atoms with E-state index in [-0.39, 0.29) is 11.9 Å². The van der Waals surface area contributed by atoms with Crippen LogP contribution in [-0.2, 0) is 11.3 Å². The van der Waals surface area contributed by atoms with Crippen LogP contribution in [0.1, 0.15) is 33.5 Å². The molecule has 1 saturated heterocycles. The number of morpholine rings is 1. The maximum absolute atomic E-state index is 12.9. The van der Waals surface area contributed by atoms with Crippen molar-refractivity contribution in [3.63, 3.8) is 0 Å². The van der Waals surface area contributed by atoms with E-state index in [1.165, 1.54) is 4.88 Å². The van der Waals surface area contributed by atoms with E-state index >= 15 is 0 Å². The zero-order chi connectivity index (χ0) is 15.7. The van der Waals surface area contributed by atoms with Crippen LogP contribution in [0.25, 0.3) is 0 Å². The minimum atomic E-state index is 0.126. The van der Waals surface area contributed by atoms with Gasteiger partial charge in [0.1, 0.15) is 0 Å². The Morgan fingerprint density at radius 2 is 2.27 bits per heavy atom. The van der Waals surface area contributed by atoms with Crippen molar-refractivity contribution in [1.82, 2.24) is 9.47 Å². The average Bonchev–Trinajstić information content (AvgIpc) is 3.11. The third kappa shape index (κ3) is 2.83. The van der Waals surface area contributed by atoms with E-state index in [9.17, 15) is 4.79 Å². The third-order valence-corrected chi connectivity index (χ3v) is 5.19. The number of nitrogens with zero attached hydrogens (tertiary/aromatic N) is 2. The van der Waals surface area contributed by atoms with Crippen molar-refractivity contribution in [1.29, 1.82) is 0 Å². The molecule has 22 heavy (non-hydrogen) atoms. The summed E-state index contributed by atoms with van der Waals surface area (Å²) in [6, 6.07) is 6.36. The Morgan fingerprint density at radius 1 is 1.45 bits per heavy atom. The summed E-state index contributed by atoms with van der Waals surface area (Å²) in [6.45, 7) is 8.92. The second kappa shape index (κ2) is 6.26. The molecule has 0 spiro atoms. The Bertz CT molecular complexity index is 661. The van der Waals surface area contributed by atoms with Gasteiger partial charge in [-0.15, -0.1) is 11.3 Å². The maximum Gasteiger partial charge on any atom is 0.256 e. The first-order chi connectivity index (χ1) is 10.6. The number of hydrogen-bond acceptors (Lipinski definition) is 3. The molecule has 1 fully saturated rings. The summed E-state index contributed by atoms with van der Waals surface area (Å²) in [4.78, 5) is 16.1. The number of hydrogen-bond donors (Lipinski definition) is 0. The second-order valence-corrected chi connectivity index (χ2v) is 6.91. The van der Waals surface area contributed by atoms with Crippen LogP contribution in [-0.4, -0.2) is 41.2 Å². The number of thiophene rings is 1. The number of amides is 1. The van der Waals surface area contributed by atoms with Crippen LogP contribution in [0.3, 0.4) is 0 Å². The Morgan fingerprint density at radius 3 is 2.95 bits per heavy atom. The summed E-state index contributed by atoms with van der Waals surface area (Å²) < 4.78 is 7.66. The van der Waals surface area contributed by atoms with Gasteiger partial charge in [0.2, 0.25) is 0 Å². The lowest BCUT2D eigenvalue weighted by Gasteiger charge is -2.33. The number of ether oxygens (including phenoxy) is 1. The summed E-state index contributed by atoms with van der Waals surface area (Å²) in [6.07, 6.45) is 0. The van der Waals surface area contributed by atoms with Gasteiger partial charge in [0.15, 0.2) is 0 Å². The van der Waals surface area contributed by atoms with Crippen molar-refractivity contribution in [3.05, 3.63) is 45.4 Å². The van der Waals surface area contributed by atoms with Gasteiger partial charge in [0, 0.05) is 22.8 Å². The predicted molar refractivity (Wildman–Crippen MR) is 88.6 cm³/mol. The predicted octanol–water partition coefficient (Wildman–Crippen LogP) is 3.08. The third-order valence-electron chi connectivity index (χ3n) is 4.33. The molecule has 0 N–H and O–H groups in total. The molecule has 2 aromatic rings. The van der Waals surface area contributed by atoms with Crippen LogP contribution in [0.5, 0.6) is 0 Å². The van der Waals surface area contributed by atoms with E-state index in [1.807, 2.05) is 24.8 Å². The standard InChI is InChI=1S/C17H22N2O2S/c1-12-9-16(17(20)18-6-7-21-11-13(18)2)14(3)19(12)10-15-5-4-8-22-15/h4-5,8-9,13H,6-7,10-11H2,1-3H3/t13-/m1/s1. The van der Waals surface area contributed by atoms with Crippen LogP contribution in [0.15, 0.2) is 23.6 Å². The molecule has 1 atom stereocenters. The second-order valence-electron chi connectivity index (χ2n) is 5.87. The van der Waals surface area contributed by atoms with Crippen LogP contribution in [0.4, 0.5) is 0 Å². The molecule has 118 valence electrons. The molecule has 1 amide bonds. The summed E-state index contributed by atoms with van der Waals surface area (Å²) in [7, 11) is 0.